The predicted molar refractivity (Wildman–Crippen MR) is 97.7 cm³/mol. The van der Waals surface area contributed by atoms with E-state index in [0.29, 0.717) is 22.2 Å². The van der Waals surface area contributed by atoms with Crippen LogP contribution in [-0.2, 0) is 10.2 Å². The van der Waals surface area contributed by atoms with Gasteiger partial charge in [0, 0.05) is 22.3 Å². The molecule has 25 heavy (non-hydrogen) atoms. The number of aryl methyl sites for hydroxylation is 1. The topological polar surface area (TPSA) is 55.1 Å². The maximum absolute atomic E-state index is 12.8. The van der Waals surface area contributed by atoms with E-state index in [1.54, 1.807) is 6.07 Å². The summed E-state index contributed by atoms with van der Waals surface area (Å²) in [5.41, 5.74) is 2.70. The Morgan fingerprint density at radius 3 is 2.60 bits per heavy atom. The molecule has 1 N–H and O–H groups in total. The maximum atomic E-state index is 12.8. The first kappa shape index (κ1) is 15.9. The lowest BCUT2D eigenvalue weighted by atomic mass is 10.00. The number of halogens is 1. The number of nitrogens with one attached hydrogen (secondary N) is 1. The van der Waals surface area contributed by atoms with Gasteiger partial charge in [0.15, 0.2) is 5.76 Å². The second kappa shape index (κ2) is 6.05. The minimum absolute atomic E-state index is 0.0691. The Hall–Kier alpha value is -2.59. The maximum Gasteiger partial charge on any atom is 0.236 e. The van der Waals surface area contributed by atoms with E-state index in [1.165, 1.54) is 0 Å². The second-order valence-corrected chi connectivity index (χ2v) is 6.85. The van der Waals surface area contributed by atoms with Crippen LogP contribution in [0.15, 0.2) is 59.1 Å². The molecule has 126 valence electrons. The van der Waals surface area contributed by atoms with E-state index >= 15 is 0 Å². The molecule has 0 radical (unpaired) electrons. The number of benzene rings is 2. The fourth-order valence-corrected chi connectivity index (χ4v) is 3.07. The Bertz CT molecular complexity index is 930. The standard InChI is InChI=1S/C20H17ClN2O2/c1-13-7-8-15(11-16(13)21)22-19(24)20(9-10-20)18-12-17(25-23-18)14-5-3-2-4-6-14/h2-8,11-12H,9-10H2,1H3,(H,22,24). The quantitative estimate of drug-likeness (QED) is 0.720. The van der Waals surface area contributed by atoms with E-state index in [9.17, 15) is 4.79 Å². The summed E-state index contributed by atoms with van der Waals surface area (Å²) in [6.07, 6.45) is 1.53. The number of anilines is 1. The molecule has 0 saturated heterocycles. The Morgan fingerprint density at radius 1 is 1.16 bits per heavy atom. The molecule has 4 nitrogen and oxygen atoms in total. The van der Waals surface area contributed by atoms with E-state index in [0.717, 1.165) is 24.0 Å². The van der Waals surface area contributed by atoms with Crippen LogP contribution in [-0.4, -0.2) is 11.1 Å². The number of carbonyl (C=O) groups excluding carboxylic acids is 1. The molecule has 0 unspecified atom stereocenters. The first-order chi connectivity index (χ1) is 12.1. The smallest absolute Gasteiger partial charge is 0.236 e. The van der Waals surface area contributed by atoms with Gasteiger partial charge in [-0.1, -0.05) is 53.2 Å². The predicted octanol–water partition coefficient (Wildman–Crippen LogP) is 4.97. The molecule has 0 atom stereocenters. The summed E-state index contributed by atoms with van der Waals surface area (Å²) in [7, 11) is 0. The van der Waals surface area contributed by atoms with Gasteiger partial charge in [0.1, 0.15) is 0 Å². The van der Waals surface area contributed by atoms with Crippen molar-refractivity contribution in [1.29, 1.82) is 0 Å². The number of rotatable bonds is 4. The first-order valence-electron chi connectivity index (χ1n) is 8.19. The number of carbonyl (C=O) groups is 1. The van der Waals surface area contributed by atoms with Crippen molar-refractivity contribution in [3.63, 3.8) is 0 Å². The summed E-state index contributed by atoms with van der Waals surface area (Å²) >= 11 is 6.14. The molecule has 1 heterocycles. The van der Waals surface area contributed by atoms with Gasteiger partial charge in [-0.25, -0.2) is 0 Å². The zero-order chi connectivity index (χ0) is 17.4. The molecule has 0 spiro atoms. The van der Waals surface area contributed by atoms with Crippen molar-refractivity contribution in [2.24, 2.45) is 0 Å². The van der Waals surface area contributed by atoms with E-state index in [2.05, 4.69) is 10.5 Å². The summed E-state index contributed by atoms with van der Waals surface area (Å²) in [5, 5.41) is 7.75. The van der Waals surface area contributed by atoms with Gasteiger partial charge in [-0.15, -0.1) is 0 Å². The highest BCUT2D eigenvalue weighted by atomic mass is 35.5. The van der Waals surface area contributed by atoms with E-state index in [1.807, 2.05) is 55.5 Å². The van der Waals surface area contributed by atoms with E-state index < -0.39 is 5.41 Å². The van der Waals surface area contributed by atoms with Crippen molar-refractivity contribution in [1.82, 2.24) is 5.16 Å². The average Bonchev–Trinajstić information content (AvgIpc) is 3.29. The van der Waals surface area contributed by atoms with E-state index in [-0.39, 0.29) is 5.91 Å². The number of nitrogens with zero attached hydrogens (tertiary/aromatic N) is 1. The molecule has 1 amide bonds. The summed E-state index contributed by atoms with van der Waals surface area (Å²) in [6.45, 7) is 1.93. The van der Waals surface area contributed by atoms with Crippen LogP contribution in [0.1, 0.15) is 24.1 Å². The van der Waals surface area contributed by atoms with Crippen molar-refractivity contribution in [2.45, 2.75) is 25.2 Å². The molecule has 5 heteroatoms. The molecule has 1 aromatic heterocycles. The molecule has 4 rings (SSSR count). The largest absolute Gasteiger partial charge is 0.356 e. The van der Waals surface area contributed by atoms with Gasteiger partial charge in [-0.2, -0.15) is 0 Å². The van der Waals surface area contributed by atoms with Crippen LogP contribution < -0.4 is 5.32 Å². The molecule has 0 bridgehead atoms. The molecule has 2 aromatic carbocycles. The second-order valence-electron chi connectivity index (χ2n) is 6.44. The van der Waals surface area contributed by atoms with Gasteiger partial charge >= 0.3 is 0 Å². The summed E-state index contributed by atoms with van der Waals surface area (Å²) in [6, 6.07) is 17.1. The Balaban J connectivity index is 1.56. The van der Waals surface area contributed by atoms with Crippen LogP contribution >= 0.6 is 11.6 Å². The molecule has 3 aromatic rings. The Morgan fingerprint density at radius 2 is 1.92 bits per heavy atom. The lowest BCUT2D eigenvalue weighted by Crippen LogP contribution is -2.28. The molecular weight excluding hydrogens is 336 g/mol. The molecule has 1 aliphatic rings. The zero-order valence-electron chi connectivity index (χ0n) is 13.8. The van der Waals surface area contributed by atoms with Crippen LogP contribution in [0.2, 0.25) is 5.02 Å². The van der Waals surface area contributed by atoms with Crippen LogP contribution in [0.4, 0.5) is 5.69 Å². The summed E-state index contributed by atoms with van der Waals surface area (Å²) < 4.78 is 5.46. The average molecular weight is 353 g/mol. The van der Waals surface area contributed by atoms with Gasteiger partial charge in [-0.05, 0) is 37.5 Å². The third kappa shape index (κ3) is 2.94. The molecule has 0 aliphatic heterocycles. The lowest BCUT2D eigenvalue weighted by molar-refractivity contribution is -0.118. The van der Waals surface area contributed by atoms with Crippen molar-refractivity contribution < 1.29 is 9.32 Å². The highest BCUT2D eigenvalue weighted by Crippen LogP contribution is 2.49. The van der Waals surface area contributed by atoms with Crippen molar-refractivity contribution in [3.8, 4) is 11.3 Å². The lowest BCUT2D eigenvalue weighted by Gasteiger charge is -2.13. The fraction of sp³-hybridized carbons (Fsp3) is 0.200. The Kier molecular flexibility index (Phi) is 3.85. The fourth-order valence-electron chi connectivity index (χ4n) is 2.89. The van der Waals surface area contributed by atoms with Crippen molar-refractivity contribution in [3.05, 3.63) is 70.9 Å². The summed E-state index contributed by atoms with van der Waals surface area (Å²) in [4.78, 5) is 12.8. The van der Waals surface area contributed by atoms with Gasteiger partial charge < -0.3 is 9.84 Å². The van der Waals surface area contributed by atoms with Crippen LogP contribution in [0.5, 0.6) is 0 Å². The van der Waals surface area contributed by atoms with E-state index in [4.69, 9.17) is 16.1 Å². The van der Waals surface area contributed by atoms with Crippen LogP contribution in [0.3, 0.4) is 0 Å². The number of aromatic nitrogens is 1. The molecule has 1 aliphatic carbocycles. The normalized spacial score (nSPS) is 15.0. The van der Waals surface area contributed by atoms with Gasteiger partial charge in [0.2, 0.25) is 5.91 Å². The zero-order valence-corrected chi connectivity index (χ0v) is 14.5. The third-order valence-electron chi connectivity index (χ3n) is 4.67. The highest BCUT2D eigenvalue weighted by Gasteiger charge is 2.53. The highest BCUT2D eigenvalue weighted by molar-refractivity contribution is 6.31. The summed E-state index contributed by atoms with van der Waals surface area (Å²) in [5.74, 6) is 0.605. The van der Waals surface area contributed by atoms with Crippen LogP contribution in [0, 0.1) is 6.92 Å². The number of hydrogen-bond acceptors (Lipinski definition) is 3. The van der Waals surface area contributed by atoms with Crippen molar-refractivity contribution in [2.75, 3.05) is 5.32 Å². The molecule has 1 saturated carbocycles. The van der Waals surface area contributed by atoms with Crippen molar-refractivity contribution >= 4 is 23.2 Å². The molecule has 1 fully saturated rings. The monoisotopic (exact) mass is 352 g/mol. The first-order valence-corrected chi connectivity index (χ1v) is 8.56. The van der Waals surface area contributed by atoms with Crippen LogP contribution in [0.25, 0.3) is 11.3 Å². The van der Waals surface area contributed by atoms with Gasteiger partial charge in [0.25, 0.3) is 0 Å². The third-order valence-corrected chi connectivity index (χ3v) is 5.08. The number of hydrogen-bond donors (Lipinski definition) is 1. The number of amides is 1. The minimum atomic E-state index is -0.603. The Labute approximate surface area is 150 Å². The minimum Gasteiger partial charge on any atom is -0.356 e. The SMILES string of the molecule is Cc1ccc(NC(=O)C2(c3cc(-c4ccccc4)on3)CC2)cc1Cl. The molecular formula is C20H17ClN2O2. The van der Waals surface area contributed by atoms with Gasteiger partial charge in [-0.3, -0.25) is 4.79 Å². The van der Waals surface area contributed by atoms with Gasteiger partial charge in [0.05, 0.1) is 11.1 Å².